The fourth-order valence-corrected chi connectivity index (χ4v) is 3.70. The Morgan fingerprint density at radius 1 is 0.957 bits per heavy atom. The Morgan fingerprint density at radius 3 is 2.22 bits per heavy atom. The van der Waals surface area contributed by atoms with Gasteiger partial charge in [-0.05, 0) is 44.4 Å². The summed E-state index contributed by atoms with van der Waals surface area (Å²) in [5.41, 5.74) is 0. The Kier molecular flexibility index (Phi) is 6.86. The molecule has 0 spiro atoms. The largest absolute Gasteiger partial charge is 0.481 e. The van der Waals surface area contributed by atoms with Crippen LogP contribution >= 0.6 is 0 Å². The summed E-state index contributed by atoms with van der Waals surface area (Å²) in [4.78, 5) is 34.4. The number of carbonyl (C=O) groups excluding carboxylic acids is 2. The second-order valence-electron chi connectivity index (χ2n) is 6.91. The smallest absolute Gasteiger partial charge is 0.305 e. The van der Waals surface area contributed by atoms with Crippen molar-refractivity contribution in [3.63, 3.8) is 0 Å². The van der Waals surface area contributed by atoms with Gasteiger partial charge in [0.2, 0.25) is 11.8 Å². The molecule has 0 aliphatic heterocycles. The molecule has 2 saturated carbocycles. The van der Waals surface area contributed by atoms with E-state index in [0.717, 1.165) is 25.7 Å². The first kappa shape index (κ1) is 17.8. The highest BCUT2D eigenvalue weighted by Gasteiger charge is 2.27. The van der Waals surface area contributed by atoms with Crippen molar-refractivity contribution in [3.05, 3.63) is 0 Å². The van der Waals surface area contributed by atoms with E-state index >= 15 is 0 Å². The second-order valence-corrected chi connectivity index (χ2v) is 6.91. The molecule has 2 aliphatic carbocycles. The van der Waals surface area contributed by atoms with Crippen molar-refractivity contribution in [2.75, 3.05) is 6.54 Å². The van der Waals surface area contributed by atoms with Gasteiger partial charge in [-0.3, -0.25) is 14.4 Å². The maximum Gasteiger partial charge on any atom is 0.305 e. The van der Waals surface area contributed by atoms with Gasteiger partial charge >= 0.3 is 5.97 Å². The maximum absolute atomic E-state index is 12.0. The van der Waals surface area contributed by atoms with Crippen LogP contribution in [0.25, 0.3) is 0 Å². The van der Waals surface area contributed by atoms with Crippen molar-refractivity contribution in [2.24, 2.45) is 11.8 Å². The van der Waals surface area contributed by atoms with E-state index in [-0.39, 0.29) is 36.7 Å². The molecule has 3 N–H and O–H groups in total. The Balaban J connectivity index is 1.62. The fraction of sp³-hybridized carbons (Fsp3) is 0.824. The van der Waals surface area contributed by atoms with Crippen molar-refractivity contribution in [1.29, 1.82) is 0 Å². The highest BCUT2D eigenvalue weighted by atomic mass is 16.4. The zero-order valence-electron chi connectivity index (χ0n) is 13.7. The van der Waals surface area contributed by atoms with Gasteiger partial charge in [0.15, 0.2) is 0 Å². The normalized spacial score (nSPS) is 25.0. The number of carbonyl (C=O) groups is 3. The molecule has 6 heteroatoms. The predicted octanol–water partition coefficient (Wildman–Crippen LogP) is 1.83. The molecule has 0 aromatic carbocycles. The van der Waals surface area contributed by atoms with Crippen LogP contribution < -0.4 is 10.6 Å². The van der Waals surface area contributed by atoms with Crippen LogP contribution in [0.1, 0.15) is 64.2 Å². The van der Waals surface area contributed by atoms with Gasteiger partial charge in [-0.25, -0.2) is 0 Å². The standard InChI is InChI=1S/C17H28N2O4/c20-15(11-12-3-1-2-4-12)19-14-7-5-13(6-8-14)17(23)18-10-9-16(21)22/h12-14H,1-11H2,(H,18,23)(H,19,20)(H,21,22). The molecular weight excluding hydrogens is 296 g/mol. The Bertz CT molecular complexity index is 424. The topological polar surface area (TPSA) is 95.5 Å². The molecule has 6 nitrogen and oxygen atoms in total. The molecule has 2 aliphatic rings. The third kappa shape index (κ3) is 6.20. The molecule has 2 amide bonds. The van der Waals surface area contributed by atoms with Gasteiger partial charge in [0.1, 0.15) is 0 Å². The first-order chi connectivity index (χ1) is 11.0. The molecule has 2 fully saturated rings. The molecule has 0 radical (unpaired) electrons. The van der Waals surface area contributed by atoms with E-state index in [4.69, 9.17) is 5.11 Å². The zero-order valence-corrected chi connectivity index (χ0v) is 13.7. The van der Waals surface area contributed by atoms with Gasteiger partial charge in [0, 0.05) is 24.9 Å². The SMILES string of the molecule is O=C(O)CCNC(=O)C1CCC(NC(=O)CC2CCCC2)CC1. The summed E-state index contributed by atoms with van der Waals surface area (Å²) in [5, 5.41) is 14.4. The van der Waals surface area contributed by atoms with Crippen LogP contribution in [0.15, 0.2) is 0 Å². The average Bonchev–Trinajstić information content (AvgIpc) is 3.00. The first-order valence-corrected chi connectivity index (χ1v) is 8.83. The minimum Gasteiger partial charge on any atom is -0.481 e. The number of hydrogen-bond acceptors (Lipinski definition) is 3. The molecule has 0 aromatic heterocycles. The number of carboxylic acid groups (broad SMARTS) is 1. The third-order valence-corrected chi connectivity index (χ3v) is 5.05. The average molecular weight is 324 g/mol. The molecular formula is C17H28N2O4. The van der Waals surface area contributed by atoms with E-state index in [1.54, 1.807) is 0 Å². The van der Waals surface area contributed by atoms with Crippen molar-refractivity contribution >= 4 is 17.8 Å². The van der Waals surface area contributed by atoms with Crippen LogP contribution in [0.3, 0.4) is 0 Å². The molecule has 23 heavy (non-hydrogen) atoms. The molecule has 0 aromatic rings. The first-order valence-electron chi connectivity index (χ1n) is 8.83. The highest BCUT2D eigenvalue weighted by molar-refractivity contribution is 5.79. The van der Waals surface area contributed by atoms with Crippen LogP contribution in [0, 0.1) is 11.8 Å². The molecule has 0 heterocycles. The lowest BCUT2D eigenvalue weighted by molar-refractivity contribution is -0.137. The number of carboxylic acids is 1. The molecule has 0 atom stereocenters. The Hall–Kier alpha value is -1.59. The second kappa shape index (κ2) is 8.89. The summed E-state index contributed by atoms with van der Waals surface area (Å²) in [5.74, 6) is -0.287. The third-order valence-electron chi connectivity index (χ3n) is 5.05. The number of amides is 2. The number of nitrogens with one attached hydrogen (secondary N) is 2. The number of aliphatic carboxylic acids is 1. The minimum atomic E-state index is -0.904. The molecule has 0 bridgehead atoms. The lowest BCUT2D eigenvalue weighted by Crippen LogP contribution is -2.41. The van der Waals surface area contributed by atoms with Crippen LogP contribution in [-0.2, 0) is 14.4 Å². The van der Waals surface area contributed by atoms with Crippen LogP contribution in [-0.4, -0.2) is 35.5 Å². The summed E-state index contributed by atoms with van der Waals surface area (Å²) >= 11 is 0. The fourth-order valence-electron chi connectivity index (χ4n) is 3.70. The van der Waals surface area contributed by atoms with E-state index in [9.17, 15) is 14.4 Å². The van der Waals surface area contributed by atoms with E-state index < -0.39 is 5.97 Å². The van der Waals surface area contributed by atoms with E-state index in [1.807, 2.05) is 0 Å². The van der Waals surface area contributed by atoms with Crippen LogP contribution in [0.4, 0.5) is 0 Å². The van der Waals surface area contributed by atoms with Crippen LogP contribution in [0.2, 0.25) is 0 Å². The number of rotatable bonds is 7. The molecule has 0 saturated heterocycles. The Morgan fingerprint density at radius 2 is 1.61 bits per heavy atom. The summed E-state index contributed by atoms with van der Waals surface area (Å²) in [6.07, 6.45) is 8.63. The van der Waals surface area contributed by atoms with Gasteiger partial charge in [-0.15, -0.1) is 0 Å². The Labute approximate surface area is 137 Å². The number of hydrogen-bond donors (Lipinski definition) is 3. The van der Waals surface area contributed by atoms with Gasteiger partial charge in [0.05, 0.1) is 6.42 Å². The molecule has 0 unspecified atom stereocenters. The highest BCUT2D eigenvalue weighted by Crippen LogP contribution is 2.28. The zero-order chi connectivity index (χ0) is 16.7. The van der Waals surface area contributed by atoms with Gasteiger partial charge in [-0.2, -0.15) is 0 Å². The lowest BCUT2D eigenvalue weighted by Gasteiger charge is -2.28. The predicted molar refractivity (Wildman–Crippen MR) is 85.7 cm³/mol. The van der Waals surface area contributed by atoms with Crippen molar-refractivity contribution < 1.29 is 19.5 Å². The van der Waals surface area contributed by atoms with Gasteiger partial charge < -0.3 is 15.7 Å². The lowest BCUT2D eigenvalue weighted by atomic mass is 9.85. The summed E-state index contributed by atoms with van der Waals surface area (Å²) in [6, 6.07) is 0.187. The quantitative estimate of drug-likeness (QED) is 0.666. The molecule has 2 rings (SSSR count). The maximum atomic E-state index is 12.0. The van der Waals surface area contributed by atoms with E-state index in [1.165, 1.54) is 25.7 Å². The van der Waals surface area contributed by atoms with E-state index in [2.05, 4.69) is 10.6 Å². The monoisotopic (exact) mass is 324 g/mol. The molecule has 130 valence electrons. The van der Waals surface area contributed by atoms with Crippen molar-refractivity contribution in [1.82, 2.24) is 10.6 Å². The summed E-state index contributed by atoms with van der Waals surface area (Å²) in [7, 11) is 0. The minimum absolute atomic E-state index is 0.0433. The van der Waals surface area contributed by atoms with Crippen molar-refractivity contribution in [2.45, 2.75) is 70.3 Å². The van der Waals surface area contributed by atoms with Gasteiger partial charge in [-0.1, -0.05) is 12.8 Å². The summed E-state index contributed by atoms with van der Waals surface area (Å²) in [6.45, 7) is 0.187. The van der Waals surface area contributed by atoms with E-state index in [0.29, 0.717) is 12.3 Å². The van der Waals surface area contributed by atoms with Gasteiger partial charge in [0.25, 0.3) is 0 Å². The van der Waals surface area contributed by atoms with Crippen LogP contribution in [0.5, 0.6) is 0 Å². The van der Waals surface area contributed by atoms with Crippen molar-refractivity contribution in [3.8, 4) is 0 Å². The summed E-state index contributed by atoms with van der Waals surface area (Å²) < 4.78 is 0.